The molecular formula is C5H5NO3S. The number of hydrogen-bond donors (Lipinski definition) is 2. The largest absolute Gasteiger partial charge is 0.475 e. The first-order valence-electron chi connectivity index (χ1n) is 2.53. The molecule has 0 radical (unpaired) electrons. The Bertz CT molecular complexity index is 245. The lowest BCUT2D eigenvalue weighted by atomic mass is 10.3. The summed E-state index contributed by atoms with van der Waals surface area (Å²) in [6.07, 6.45) is 1.34. The maximum atomic E-state index is 10.3. The van der Waals surface area contributed by atoms with Crippen molar-refractivity contribution in [3.63, 3.8) is 0 Å². The summed E-state index contributed by atoms with van der Waals surface area (Å²) in [7, 11) is 0. The van der Waals surface area contributed by atoms with Crippen molar-refractivity contribution in [3.05, 3.63) is 17.5 Å². The van der Waals surface area contributed by atoms with Gasteiger partial charge in [-0.2, -0.15) is 12.6 Å². The lowest BCUT2D eigenvalue weighted by Crippen LogP contribution is -1.96. The van der Waals surface area contributed by atoms with Crippen LogP contribution in [-0.2, 0) is 5.75 Å². The Kier molecular flexibility index (Phi) is 1.96. The Hall–Kier alpha value is -0.970. The van der Waals surface area contributed by atoms with Gasteiger partial charge < -0.3 is 9.63 Å². The molecule has 1 rings (SSSR count). The number of thiol groups is 1. The van der Waals surface area contributed by atoms with Crippen LogP contribution in [0, 0.1) is 0 Å². The van der Waals surface area contributed by atoms with Gasteiger partial charge in [-0.05, 0) is 0 Å². The van der Waals surface area contributed by atoms with Gasteiger partial charge in [-0.3, -0.25) is 0 Å². The van der Waals surface area contributed by atoms with Crippen molar-refractivity contribution in [2.45, 2.75) is 5.75 Å². The summed E-state index contributed by atoms with van der Waals surface area (Å²) in [5.74, 6) is -0.915. The van der Waals surface area contributed by atoms with E-state index >= 15 is 0 Å². The molecule has 0 saturated heterocycles. The van der Waals surface area contributed by atoms with Crippen molar-refractivity contribution in [2.24, 2.45) is 0 Å². The van der Waals surface area contributed by atoms with E-state index in [1.807, 2.05) is 0 Å². The highest BCUT2D eigenvalue weighted by Crippen LogP contribution is 2.09. The van der Waals surface area contributed by atoms with Gasteiger partial charge in [0.25, 0.3) is 0 Å². The minimum atomic E-state index is -1.11. The Labute approximate surface area is 62.2 Å². The zero-order chi connectivity index (χ0) is 7.56. The van der Waals surface area contributed by atoms with Crippen molar-refractivity contribution < 1.29 is 14.4 Å². The monoisotopic (exact) mass is 159 g/mol. The fraction of sp³-hybridized carbons (Fsp3) is 0.200. The fourth-order valence-electron chi connectivity index (χ4n) is 0.549. The lowest BCUT2D eigenvalue weighted by Gasteiger charge is -1.87. The molecular weight excluding hydrogens is 154 g/mol. The van der Waals surface area contributed by atoms with E-state index in [2.05, 4.69) is 22.3 Å². The van der Waals surface area contributed by atoms with Crippen molar-refractivity contribution in [1.29, 1.82) is 0 Å². The van der Waals surface area contributed by atoms with Gasteiger partial charge in [-0.15, -0.1) is 0 Å². The molecule has 0 spiro atoms. The van der Waals surface area contributed by atoms with Crippen LogP contribution in [0.15, 0.2) is 10.7 Å². The van der Waals surface area contributed by atoms with E-state index in [4.69, 9.17) is 5.11 Å². The number of nitrogens with zero attached hydrogens (tertiary/aromatic N) is 1. The normalized spacial score (nSPS) is 9.70. The van der Waals surface area contributed by atoms with E-state index in [9.17, 15) is 4.79 Å². The molecule has 1 aromatic rings. The number of aromatic nitrogens is 1. The van der Waals surface area contributed by atoms with E-state index < -0.39 is 5.97 Å². The van der Waals surface area contributed by atoms with Crippen molar-refractivity contribution >= 4 is 18.6 Å². The lowest BCUT2D eigenvalue weighted by molar-refractivity contribution is 0.0651. The highest BCUT2D eigenvalue weighted by molar-refractivity contribution is 7.79. The van der Waals surface area contributed by atoms with Crippen molar-refractivity contribution in [2.75, 3.05) is 0 Å². The van der Waals surface area contributed by atoms with E-state index in [1.54, 1.807) is 0 Å². The quantitative estimate of drug-likeness (QED) is 0.626. The molecule has 1 N–H and O–H groups in total. The van der Waals surface area contributed by atoms with Gasteiger partial charge >= 0.3 is 5.97 Å². The number of aromatic carboxylic acids is 1. The summed E-state index contributed by atoms with van der Waals surface area (Å²) in [5, 5.41) is 11.7. The molecule has 0 amide bonds. The first-order chi connectivity index (χ1) is 4.75. The van der Waals surface area contributed by atoms with Gasteiger partial charge in [-0.25, -0.2) is 4.79 Å². The third-order valence-electron chi connectivity index (χ3n) is 1.01. The zero-order valence-electron chi connectivity index (χ0n) is 4.94. The Morgan fingerprint density at radius 2 is 2.60 bits per heavy atom. The van der Waals surface area contributed by atoms with Crippen LogP contribution in [0.3, 0.4) is 0 Å². The highest BCUT2D eigenvalue weighted by atomic mass is 32.1. The average molecular weight is 159 g/mol. The SMILES string of the molecule is O=C(O)c1oncc1CS. The second-order valence-corrected chi connectivity index (χ2v) is 1.96. The predicted octanol–water partition coefficient (Wildman–Crippen LogP) is 0.803. The van der Waals surface area contributed by atoms with Crippen LogP contribution < -0.4 is 0 Å². The van der Waals surface area contributed by atoms with Crippen LogP contribution in [0.5, 0.6) is 0 Å². The summed E-state index contributed by atoms with van der Waals surface area (Å²) in [6, 6.07) is 0. The predicted molar refractivity (Wildman–Crippen MR) is 36.2 cm³/mol. The summed E-state index contributed by atoms with van der Waals surface area (Å²) in [5.41, 5.74) is 0.496. The van der Waals surface area contributed by atoms with E-state index in [1.165, 1.54) is 6.20 Å². The third kappa shape index (κ3) is 1.13. The maximum absolute atomic E-state index is 10.3. The number of carboxylic acid groups (broad SMARTS) is 1. The molecule has 1 heterocycles. The van der Waals surface area contributed by atoms with Crippen LogP contribution in [0.2, 0.25) is 0 Å². The number of rotatable bonds is 2. The first-order valence-corrected chi connectivity index (χ1v) is 3.16. The minimum Gasteiger partial charge on any atom is -0.475 e. The standard InChI is InChI=1S/C5H5NO3S/c7-5(8)4-3(2-10)1-6-9-4/h1,10H,2H2,(H,7,8). The van der Waals surface area contributed by atoms with Gasteiger partial charge in [0.05, 0.1) is 6.20 Å². The molecule has 0 atom stereocenters. The van der Waals surface area contributed by atoms with Gasteiger partial charge in [0.1, 0.15) is 0 Å². The van der Waals surface area contributed by atoms with E-state index in [-0.39, 0.29) is 5.76 Å². The molecule has 0 bridgehead atoms. The van der Waals surface area contributed by atoms with Gasteiger partial charge in [0.15, 0.2) is 0 Å². The topological polar surface area (TPSA) is 63.3 Å². The second kappa shape index (κ2) is 2.74. The molecule has 4 nitrogen and oxygen atoms in total. The summed E-state index contributed by atoms with van der Waals surface area (Å²) in [4.78, 5) is 10.3. The number of hydrogen-bond acceptors (Lipinski definition) is 4. The molecule has 0 fully saturated rings. The van der Waals surface area contributed by atoms with Gasteiger partial charge in [-0.1, -0.05) is 5.16 Å². The first kappa shape index (κ1) is 7.14. The highest BCUT2D eigenvalue weighted by Gasteiger charge is 2.13. The smallest absolute Gasteiger partial charge is 0.375 e. The molecule has 54 valence electrons. The summed E-state index contributed by atoms with van der Waals surface area (Å²) < 4.78 is 4.42. The Morgan fingerprint density at radius 1 is 1.90 bits per heavy atom. The molecule has 10 heavy (non-hydrogen) atoms. The summed E-state index contributed by atoms with van der Waals surface area (Å²) in [6.45, 7) is 0. The Balaban J connectivity index is 3.01. The molecule has 0 aromatic carbocycles. The molecule has 0 aliphatic rings. The maximum Gasteiger partial charge on any atom is 0.375 e. The minimum absolute atomic E-state index is 0.130. The van der Waals surface area contributed by atoms with Crippen LogP contribution in [0.25, 0.3) is 0 Å². The third-order valence-corrected chi connectivity index (χ3v) is 1.35. The molecule has 0 aliphatic heterocycles. The fourth-order valence-corrected chi connectivity index (χ4v) is 0.774. The van der Waals surface area contributed by atoms with Gasteiger partial charge in [0.2, 0.25) is 5.76 Å². The molecule has 5 heteroatoms. The summed E-state index contributed by atoms with van der Waals surface area (Å²) >= 11 is 3.88. The van der Waals surface area contributed by atoms with Crippen molar-refractivity contribution in [1.82, 2.24) is 5.16 Å². The van der Waals surface area contributed by atoms with E-state index in [0.29, 0.717) is 11.3 Å². The molecule has 1 aromatic heterocycles. The van der Waals surface area contributed by atoms with Crippen LogP contribution in [0.4, 0.5) is 0 Å². The number of carbonyl (C=O) groups is 1. The van der Waals surface area contributed by atoms with Crippen molar-refractivity contribution in [3.8, 4) is 0 Å². The van der Waals surface area contributed by atoms with Crippen LogP contribution in [0.1, 0.15) is 16.1 Å². The Morgan fingerprint density at radius 3 is 3.00 bits per heavy atom. The molecule has 0 aliphatic carbocycles. The number of carboxylic acids is 1. The average Bonchev–Trinajstić information content (AvgIpc) is 2.33. The van der Waals surface area contributed by atoms with Gasteiger partial charge in [0, 0.05) is 11.3 Å². The molecule has 0 unspecified atom stereocenters. The van der Waals surface area contributed by atoms with Crippen LogP contribution in [-0.4, -0.2) is 16.2 Å². The second-order valence-electron chi connectivity index (χ2n) is 1.64. The van der Waals surface area contributed by atoms with Crippen LogP contribution >= 0.6 is 12.6 Å². The zero-order valence-corrected chi connectivity index (χ0v) is 5.84. The van der Waals surface area contributed by atoms with E-state index in [0.717, 1.165) is 0 Å². The molecule has 0 saturated carbocycles.